The first-order chi connectivity index (χ1) is 9.65. The zero-order valence-electron chi connectivity index (χ0n) is 11.4. The lowest BCUT2D eigenvalue weighted by molar-refractivity contribution is 0.102. The quantitative estimate of drug-likeness (QED) is 0.745. The molecular weight excluding hydrogens is 250 g/mol. The van der Waals surface area contributed by atoms with Crippen molar-refractivity contribution in [3.63, 3.8) is 0 Å². The van der Waals surface area contributed by atoms with Crippen LogP contribution in [0, 0.1) is 13.8 Å². The molecule has 0 aliphatic rings. The molecule has 0 spiro atoms. The number of anilines is 1. The number of imidazole rings is 1. The number of aromatic nitrogens is 2. The van der Waals surface area contributed by atoms with Crippen molar-refractivity contribution in [1.82, 2.24) is 9.97 Å². The van der Waals surface area contributed by atoms with Crippen LogP contribution in [0.5, 0.6) is 0 Å². The highest BCUT2D eigenvalue weighted by Crippen LogP contribution is 2.21. The predicted molar refractivity (Wildman–Crippen MR) is 80.0 cm³/mol. The van der Waals surface area contributed by atoms with Gasteiger partial charge in [-0.3, -0.25) is 10.1 Å². The molecule has 3 aromatic rings. The van der Waals surface area contributed by atoms with Gasteiger partial charge < -0.3 is 4.98 Å². The lowest BCUT2D eigenvalue weighted by Crippen LogP contribution is -2.12. The Kier molecular flexibility index (Phi) is 2.99. The molecule has 0 fully saturated rings. The van der Waals surface area contributed by atoms with Crippen molar-refractivity contribution < 1.29 is 4.79 Å². The van der Waals surface area contributed by atoms with Crippen LogP contribution in [-0.2, 0) is 0 Å². The Balaban J connectivity index is 1.92. The van der Waals surface area contributed by atoms with Crippen LogP contribution in [-0.4, -0.2) is 15.9 Å². The highest BCUT2D eigenvalue weighted by molar-refractivity contribution is 6.04. The minimum absolute atomic E-state index is 0.168. The van der Waals surface area contributed by atoms with Crippen LogP contribution >= 0.6 is 0 Å². The number of H-pyrrole nitrogens is 1. The van der Waals surface area contributed by atoms with Crippen LogP contribution < -0.4 is 5.32 Å². The Morgan fingerprint density at radius 3 is 2.60 bits per heavy atom. The summed E-state index contributed by atoms with van der Waals surface area (Å²) in [5.41, 5.74) is 4.74. The average Bonchev–Trinajstić information content (AvgIpc) is 2.87. The van der Waals surface area contributed by atoms with E-state index in [1.807, 2.05) is 44.2 Å². The maximum Gasteiger partial charge on any atom is 0.257 e. The highest BCUT2D eigenvalue weighted by atomic mass is 16.1. The van der Waals surface area contributed by atoms with E-state index in [1.54, 1.807) is 12.1 Å². The molecule has 0 atom stereocenters. The Morgan fingerprint density at radius 2 is 1.85 bits per heavy atom. The summed E-state index contributed by atoms with van der Waals surface area (Å²) in [6, 6.07) is 13.1. The van der Waals surface area contributed by atoms with E-state index in [1.165, 1.54) is 5.56 Å². The first kappa shape index (κ1) is 12.4. The maximum atomic E-state index is 12.1. The van der Waals surface area contributed by atoms with E-state index in [-0.39, 0.29) is 5.91 Å². The van der Waals surface area contributed by atoms with Gasteiger partial charge in [0.1, 0.15) is 0 Å². The fourth-order valence-corrected chi connectivity index (χ4v) is 2.14. The van der Waals surface area contributed by atoms with Crippen molar-refractivity contribution in [1.29, 1.82) is 0 Å². The SMILES string of the molecule is Cc1ccc2[nH]c(NC(=O)c3ccccc3)nc2c1C. The summed E-state index contributed by atoms with van der Waals surface area (Å²) >= 11 is 0. The summed E-state index contributed by atoms with van der Waals surface area (Å²) in [6.45, 7) is 4.08. The Morgan fingerprint density at radius 1 is 1.10 bits per heavy atom. The Labute approximate surface area is 116 Å². The van der Waals surface area contributed by atoms with E-state index in [9.17, 15) is 4.79 Å². The molecule has 100 valence electrons. The van der Waals surface area contributed by atoms with Gasteiger partial charge in [0.15, 0.2) is 0 Å². The number of rotatable bonds is 2. The number of hydrogen-bond acceptors (Lipinski definition) is 2. The van der Waals surface area contributed by atoms with Gasteiger partial charge in [0, 0.05) is 5.56 Å². The molecule has 0 radical (unpaired) electrons. The van der Waals surface area contributed by atoms with Gasteiger partial charge in [0.05, 0.1) is 11.0 Å². The van der Waals surface area contributed by atoms with E-state index in [0.717, 1.165) is 16.6 Å². The van der Waals surface area contributed by atoms with E-state index in [2.05, 4.69) is 15.3 Å². The van der Waals surface area contributed by atoms with Crippen LogP contribution in [0.4, 0.5) is 5.95 Å². The Hall–Kier alpha value is -2.62. The monoisotopic (exact) mass is 265 g/mol. The molecule has 1 heterocycles. The molecule has 0 saturated carbocycles. The summed E-state index contributed by atoms with van der Waals surface area (Å²) < 4.78 is 0. The standard InChI is InChI=1S/C16H15N3O/c1-10-8-9-13-14(11(10)2)18-16(17-13)19-15(20)12-6-4-3-5-7-12/h3-9H,1-2H3,(H2,17,18,19,20). The number of nitrogens with zero attached hydrogens (tertiary/aromatic N) is 1. The third-order valence-corrected chi connectivity index (χ3v) is 3.45. The second-order valence-electron chi connectivity index (χ2n) is 4.81. The summed E-state index contributed by atoms with van der Waals surface area (Å²) in [5.74, 6) is 0.307. The summed E-state index contributed by atoms with van der Waals surface area (Å²) in [7, 11) is 0. The van der Waals surface area contributed by atoms with Gasteiger partial charge in [0.2, 0.25) is 5.95 Å². The third-order valence-electron chi connectivity index (χ3n) is 3.45. The molecule has 3 rings (SSSR count). The molecule has 2 aromatic carbocycles. The number of aryl methyl sites for hydroxylation is 2. The molecule has 0 aliphatic carbocycles. The average molecular weight is 265 g/mol. The summed E-state index contributed by atoms with van der Waals surface area (Å²) in [6.07, 6.45) is 0. The minimum Gasteiger partial charge on any atom is -0.324 e. The zero-order valence-corrected chi connectivity index (χ0v) is 11.4. The lowest BCUT2D eigenvalue weighted by Gasteiger charge is -2.00. The number of carbonyl (C=O) groups is 1. The maximum absolute atomic E-state index is 12.1. The second-order valence-corrected chi connectivity index (χ2v) is 4.81. The van der Waals surface area contributed by atoms with Crippen LogP contribution in [0.3, 0.4) is 0 Å². The molecule has 0 aliphatic heterocycles. The minimum atomic E-state index is -0.168. The smallest absolute Gasteiger partial charge is 0.257 e. The molecule has 4 heteroatoms. The molecule has 2 N–H and O–H groups in total. The number of fused-ring (bicyclic) bond motifs is 1. The van der Waals surface area contributed by atoms with E-state index < -0.39 is 0 Å². The van der Waals surface area contributed by atoms with Gasteiger partial charge in [-0.2, -0.15) is 0 Å². The lowest BCUT2D eigenvalue weighted by atomic mass is 10.1. The van der Waals surface area contributed by atoms with Gasteiger partial charge in [-0.05, 0) is 43.2 Å². The van der Waals surface area contributed by atoms with Crippen molar-refractivity contribution in [2.45, 2.75) is 13.8 Å². The van der Waals surface area contributed by atoms with Crippen molar-refractivity contribution in [2.24, 2.45) is 0 Å². The molecule has 0 unspecified atom stereocenters. The first-order valence-corrected chi connectivity index (χ1v) is 6.47. The molecule has 1 aromatic heterocycles. The first-order valence-electron chi connectivity index (χ1n) is 6.47. The predicted octanol–water partition coefficient (Wildman–Crippen LogP) is 3.43. The molecule has 20 heavy (non-hydrogen) atoms. The number of amides is 1. The number of aromatic amines is 1. The van der Waals surface area contributed by atoms with E-state index in [4.69, 9.17) is 0 Å². The van der Waals surface area contributed by atoms with Crippen molar-refractivity contribution >= 4 is 22.9 Å². The summed E-state index contributed by atoms with van der Waals surface area (Å²) in [5, 5.41) is 2.79. The van der Waals surface area contributed by atoms with Crippen molar-refractivity contribution in [3.8, 4) is 0 Å². The van der Waals surface area contributed by atoms with Gasteiger partial charge in [-0.25, -0.2) is 4.98 Å². The zero-order chi connectivity index (χ0) is 14.1. The number of hydrogen-bond donors (Lipinski definition) is 2. The van der Waals surface area contributed by atoms with E-state index >= 15 is 0 Å². The summed E-state index contributed by atoms with van der Waals surface area (Å²) in [4.78, 5) is 19.6. The van der Waals surface area contributed by atoms with Gasteiger partial charge in [-0.15, -0.1) is 0 Å². The van der Waals surface area contributed by atoms with Gasteiger partial charge in [0.25, 0.3) is 5.91 Å². The number of benzene rings is 2. The fraction of sp³-hybridized carbons (Fsp3) is 0.125. The van der Waals surface area contributed by atoms with Gasteiger partial charge in [-0.1, -0.05) is 24.3 Å². The number of nitrogens with one attached hydrogen (secondary N) is 2. The largest absolute Gasteiger partial charge is 0.324 e. The second kappa shape index (κ2) is 4.81. The molecule has 0 saturated heterocycles. The molecule has 0 bridgehead atoms. The third kappa shape index (κ3) is 2.16. The fourth-order valence-electron chi connectivity index (χ4n) is 2.14. The van der Waals surface area contributed by atoms with Gasteiger partial charge >= 0.3 is 0 Å². The van der Waals surface area contributed by atoms with Crippen LogP contribution in [0.1, 0.15) is 21.5 Å². The topological polar surface area (TPSA) is 57.8 Å². The van der Waals surface area contributed by atoms with Crippen molar-refractivity contribution in [3.05, 3.63) is 59.2 Å². The molecule has 4 nitrogen and oxygen atoms in total. The Bertz CT molecular complexity index is 775. The molecular formula is C16H15N3O. The van der Waals surface area contributed by atoms with Crippen molar-refractivity contribution in [2.75, 3.05) is 5.32 Å². The molecule has 1 amide bonds. The number of carbonyl (C=O) groups excluding carboxylic acids is 1. The van der Waals surface area contributed by atoms with Crippen LogP contribution in [0.2, 0.25) is 0 Å². The van der Waals surface area contributed by atoms with Crippen LogP contribution in [0.25, 0.3) is 11.0 Å². The highest BCUT2D eigenvalue weighted by Gasteiger charge is 2.10. The normalized spacial score (nSPS) is 10.7. The van der Waals surface area contributed by atoms with E-state index in [0.29, 0.717) is 11.5 Å². The van der Waals surface area contributed by atoms with Crippen LogP contribution in [0.15, 0.2) is 42.5 Å².